The lowest BCUT2D eigenvalue weighted by atomic mass is 9.42. The Morgan fingerprint density at radius 2 is 1.37 bits per heavy atom. The van der Waals surface area contributed by atoms with Crippen molar-refractivity contribution >= 4 is 18.0 Å². The quantitative estimate of drug-likeness (QED) is 0.0604. The van der Waals surface area contributed by atoms with E-state index in [1.807, 2.05) is 43.3 Å². The number of esters is 2. The number of aliphatic hydroxyl groups excluding tert-OH is 5. The van der Waals surface area contributed by atoms with Gasteiger partial charge in [0.05, 0.1) is 54.2 Å². The minimum absolute atomic E-state index is 0.0337. The van der Waals surface area contributed by atoms with E-state index in [2.05, 4.69) is 11.9 Å². The molecule has 7 fully saturated rings. The maximum absolute atomic E-state index is 14.1. The number of fused-ring (bicyclic) bond motifs is 5. The monoisotopic (exact) mass is 1230 g/mol. The van der Waals surface area contributed by atoms with Crippen molar-refractivity contribution in [3.8, 4) is 0 Å². The highest BCUT2D eigenvalue weighted by atomic mass is 16.8. The molecule has 10 rings (SSSR count). The number of benzene rings is 1. The van der Waals surface area contributed by atoms with E-state index in [-0.39, 0.29) is 43.8 Å². The molecule has 1 aromatic carbocycles. The molecule has 8 aliphatic rings. The molecule has 484 valence electrons. The molecule has 4 aliphatic heterocycles. The predicted octanol–water partition coefficient (Wildman–Crippen LogP) is 2.55. The van der Waals surface area contributed by atoms with Crippen molar-refractivity contribution in [2.45, 2.75) is 245 Å². The summed E-state index contributed by atoms with van der Waals surface area (Å²) < 4.78 is 80.5. The number of rotatable bonds is 18. The molecule has 24 nitrogen and oxygen atoms in total. The van der Waals surface area contributed by atoms with Crippen LogP contribution in [0.3, 0.4) is 0 Å². The van der Waals surface area contributed by atoms with Crippen molar-refractivity contribution < 1.29 is 112 Å². The maximum Gasteiger partial charge on any atom is 0.339 e. The predicted molar refractivity (Wildman–Crippen MR) is 303 cm³/mol. The molecule has 4 saturated heterocycles. The van der Waals surface area contributed by atoms with Gasteiger partial charge in [-0.05, 0) is 102 Å². The van der Waals surface area contributed by atoms with Crippen LogP contribution in [0.15, 0.2) is 72.6 Å². The number of carbonyl (C=O) groups is 2. The van der Waals surface area contributed by atoms with Crippen LogP contribution < -0.4 is 0 Å². The van der Waals surface area contributed by atoms with Crippen LogP contribution in [-0.4, -0.2) is 231 Å². The summed E-state index contributed by atoms with van der Waals surface area (Å²) in [5.41, 5.74) is -6.31. The van der Waals surface area contributed by atoms with Crippen molar-refractivity contribution in [2.24, 2.45) is 16.7 Å². The molecule has 5 heterocycles. The van der Waals surface area contributed by atoms with E-state index < -0.39 is 175 Å². The van der Waals surface area contributed by atoms with Crippen molar-refractivity contribution in [3.63, 3.8) is 0 Å². The SMILES string of the molecule is CO[C@H]1[C@@H](O)[C@H](O[C@H]2[C@@H](OC)C[C@H](O[C@H]3[C@@H](OC)C[C@H](O[C@H]4CC[C@@]5(C)C(=CC[C@]6(O)[C@@H]5C[C@@H](OC(=O)c5cccnc5)[C@@]5(C)[C@]6(O)CC[C@@]5(O)[C@H](C)OC(=O)C=Cc5ccccc5)C4)O[C@@H]3C)O[C@@H]2C)O[C@H](C)[C@H]1O[C@@H]1O[C@H](CO)[C@@H](O)[C@H](O)[C@H]1O. The van der Waals surface area contributed by atoms with Crippen molar-refractivity contribution in [1.29, 1.82) is 0 Å². The zero-order valence-electron chi connectivity index (χ0n) is 50.8. The summed E-state index contributed by atoms with van der Waals surface area (Å²) in [4.78, 5) is 31.6. The lowest BCUT2D eigenvalue weighted by Crippen LogP contribution is -2.78. The molecule has 1 aromatic heterocycles. The van der Waals surface area contributed by atoms with Crippen LogP contribution in [0.2, 0.25) is 0 Å². The Morgan fingerprint density at radius 1 is 0.724 bits per heavy atom. The van der Waals surface area contributed by atoms with Gasteiger partial charge in [-0.3, -0.25) is 4.98 Å². The second kappa shape index (κ2) is 26.3. The first-order valence-electron chi connectivity index (χ1n) is 30.4. The highest BCUT2D eigenvalue weighted by Gasteiger charge is 2.81. The van der Waals surface area contributed by atoms with E-state index in [9.17, 15) is 50.4 Å². The van der Waals surface area contributed by atoms with Crippen LogP contribution in [0.5, 0.6) is 0 Å². The number of hydrogen-bond acceptors (Lipinski definition) is 24. The van der Waals surface area contributed by atoms with Crippen LogP contribution in [-0.2, 0) is 66.4 Å². The summed E-state index contributed by atoms with van der Waals surface area (Å²) in [6.07, 6.45) is -11.4. The van der Waals surface area contributed by atoms with E-state index in [4.69, 9.17) is 61.6 Å². The molecule has 87 heavy (non-hydrogen) atoms. The first-order valence-corrected chi connectivity index (χ1v) is 30.4. The summed E-state index contributed by atoms with van der Waals surface area (Å²) in [7, 11) is 4.48. The first-order chi connectivity index (χ1) is 41.4. The molecular formula is C63H89NO23. The van der Waals surface area contributed by atoms with E-state index in [1.165, 1.54) is 32.7 Å². The first kappa shape index (κ1) is 66.0. The largest absolute Gasteiger partial charge is 0.458 e. The third-order valence-electron chi connectivity index (χ3n) is 20.9. The van der Waals surface area contributed by atoms with E-state index in [0.29, 0.717) is 25.7 Å². The number of carbonyl (C=O) groups excluding carboxylic acids is 2. The van der Waals surface area contributed by atoms with Gasteiger partial charge < -0.3 is 102 Å². The molecule has 3 saturated carbocycles. The number of aliphatic hydroxyl groups is 8. The second-order valence-corrected chi connectivity index (χ2v) is 25.5. The fourth-order valence-electron chi connectivity index (χ4n) is 15.8. The lowest BCUT2D eigenvalue weighted by Gasteiger charge is -2.67. The Morgan fingerprint density at radius 3 is 2.01 bits per heavy atom. The normalized spacial score (nSPS) is 45.9. The molecule has 2 aromatic rings. The smallest absolute Gasteiger partial charge is 0.339 e. The molecule has 4 aliphatic carbocycles. The van der Waals surface area contributed by atoms with E-state index in [1.54, 1.807) is 53.0 Å². The number of pyridine rings is 1. The standard InChI is InChI=1S/C63H89NO23/c1-32-52(85-47-28-41(76-8)53(33(2)79-47)86-58-51(70)55(77-9)54(34(3)80-58)87-57-50(69)49(68)48(67)42(31-65)83-57)40(75-7)27-46(78-32)82-39-20-21-59(5)38(26-39)19-22-62(73)43(59)29-44(84-56(71)37-16-13-25-64-30-37)60(6)61(72,23-24-63(60,62)74)35(4)81-45(66)18-17-36-14-11-10-12-15-36/h10-19,25,30,32-35,39-44,46-55,57-58,65,67-70,72-74H,20-24,26-29,31H2,1-9H3/t32-,33-,34-,35+,39+,40+,41+,42-,43-,44-,46+,47+,48-,49+,50-,51-,52-,53-,54-,55+,57+,58+,59+,60-,61-,62+,63-/m1/s1. The molecular weight excluding hydrogens is 1140 g/mol. The molecule has 0 amide bonds. The maximum atomic E-state index is 14.1. The minimum Gasteiger partial charge on any atom is -0.458 e. The van der Waals surface area contributed by atoms with Gasteiger partial charge in [0.2, 0.25) is 0 Å². The van der Waals surface area contributed by atoms with Crippen molar-refractivity contribution in [1.82, 2.24) is 4.98 Å². The van der Waals surface area contributed by atoms with Gasteiger partial charge in [0.1, 0.15) is 83.9 Å². The lowest BCUT2D eigenvalue weighted by molar-refractivity contribution is -0.373. The van der Waals surface area contributed by atoms with Gasteiger partial charge in [0, 0.05) is 58.6 Å². The molecule has 0 spiro atoms. The van der Waals surface area contributed by atoms with Gasteiger partial charge in [0.15, 0.2) is 25.2 Å². The number of hydrogen-bond donors (Lipinski definition) is 8. The van der Waals surface area contributed by atoms with E-state index in [0.717, 1.165) is 11.1 Å². The zero-order chi connectivity index (χ0) is 62.5. The summed E-state index contributed by atoms with van der Waals surface area (Å²) in [6.45, 7) is 9.93. The fraction of sp³-hybridized carbons (Fsp3) is 0.730. The van der Waals surface area contributed by atoms with Crippen LogP contribution in [0, 0.1) is 16.7 Å². The van der Waals surface area contributed by atoms with Gasteiger partial charge in [-0.2, -0.15) is 0 Å². The van der Waals surface area contributed by atoms with Crippen LogP contribution >= 0.6 is 0 Å². The number of aromatic nitrogens is 1. The van der Waals surface area contributed by atoms with Gasteiger partial charge in [-0.15, -0.1) is 0 Å². The van der Waals surface area contributed by atoms with Gasteiger partial charge in [-0.1, -0.05) is 55.8 Å². The third-order valence-corrected chi connectivity index (χ3v) is 20.9. The molecule has 0 radical (unpaired) electrons. The summed E-state index contributed by atoms with van der Waals surface area (Å²) >= 11 is 0. The average Bonchev–Trinajstić information content (AvgIpc) is 1.60. The minimum atomic E-state index is -2.04. The zero-order valence-corrected chi connectivity index (χ0v) is 50.8. The Bertz CT molecular complexity index is 2730. The van der Waals surface area contributed by atoms with Gasteiger partial charge in [0.25, 0.3) is 0 Å². The van der Waals surface area contributed by atoms with Crippen molar-refractivity contribution in [2.75, 3.05) is 27.9 Å². The van der Waals surface area contributed by atoms with E-state index >= 15 is 0 Å². The highest BCUT2D eigenvalue weighted by molar-refractivity contribution is 5.89. The van der Waals surface area contributed by atoms with Gasteiger partial charge in [-0.25, -0.2) is 9.59 Å². The average molecular weight is 1230 g/mol. The molecule has 8 N–H and O–H groups in total. The number of methoxy groups -OCH3 is 3. The summed E-state index contributed by atoms with van der Waals surface area (Å²) in [6, 6.07) is 12.4. The van der Waals surface area contributed by atoms with Crippen LogP contribution in [0.4, 0.5) is 0 Å². The number of nitrogens with zero attached hydrogens (tertiary/aromatic N) is 1. The molecule has 0 bridgehead atoms. The number of ether oxygens (including phenoxy) is 13. The second-order valence-electron chi connectivity index (χ2n) is 25.5. The summed E-state index contributed by atoms with van der Waals surface area (Å²) in [5, 5.41) is 92.3. The fourth-order valence-corrected chi connectivity index (χ4v) is 15.8. The Hall–Kier alpha value is -3.97. The Labute approximate surface area is 506 Å². The topological polar surface area (TPSA) is 329 Å². The molecule has 0 unspecified atom stereocenters. The van der Waals surface area contributed by atoms with Crippen molar-refractivity contribution in [3.05, 3.63) is 83.7 Å². The van der Waals surface area contributed by atoms with Crippen LogP contribution in [0.1, 0.15) is 115 Å². The van der Waals surface area contributed by atoms with Gasteiger partial charge >= 0.3 is 11.9 Å². The Kier molecular flexibility index (Phi) is 20.0. The highest BCUT2D eigenvalue weighted by Crippen LogP contribution is 2.71. The Balaban J connectivity index is 0.777. The summed E-state index contributed by atoms with van der Waals surface area (Å²) in [5.74, 6) is -2.08. The molecule has 24 heteroatoms. The van der Waals surface area contributed by atoms with Crippen LogP contribution in [0.25, 0.3) is 6.08 Å². The third kappa shape index (κ3) is 12.0. The molecule has 27 atom stereocenters.